The van der Waals surface area contributed by atoms with Crippen molar-refractivity contribution >= 4 is 23.3 Å². The fraction of sp³-hybridized carbons (Fsp3) is 0.429. The SMILES string of the molecule is CN1CCN(c2cc(CNC(=O)C3CNNC3c3ccc(Cl)cc3)ccn2)CC1. The maximum atomic E-state index is 12.8. The van der Waals surface area contributed by atoms with Crippen LogP contribution >= 0.6 is 11.6 Å². The van der Waals surface area contributed by atoms with Crippen LogP contribution in [0, 0.1) is 5.92 Å². The molecule has 4 rings (SSSR count). The molecule has 8 heteroatoms. The molecule has 0 bridgehead atoms. The quantitative estimate of drug-likeness (QED) is 0.689. The van der Waals surface area contributed by atoms with Crippen molar-refractivity contribution in [3.05, 3.63) is 58.7 Å². The second-order valence-electron chi connectivity index (χ2n) is 7.69. The standard InChI is InChI=1S/C21H27ClN6O/c1-27-8-10-28(11-9-27)19-12-15(6-7-23-19)13-24-21(29)18-14-25-26-20(18)16-2-4-17(22)5-3-16/h2-7,12,18,20,25-26H,8-11,13-14H2,1H3,(H,24,29). The van der Waals surface area contributed by atoms with Gasteiger partial charge in [0.05, 0.1) is 12.0 Å². The van der Waals surface area contributed by atoms with E-state index in [4.69, 9.17) is 11.6 Å². The minimum absolute atomic E-state index is 0.0282. The Kier molecular flexibility index (Phi) is 6.30. The summed E-state index contributed by atoms with van der Waals surface area (Å²) in [6.45, 7) is 5.10. The van der Waals surface area contributed by atoms with Crippen LogP contribution in [0.1, 0.15) is 17.2 Å². The summed E-state index contributed by atoms with van der Waals surface area (Å²) in [6.07, 6.45) is 1.82. The molecule has 2 saturated heterocycles. The van der Waals surface area contributed by atoms with Crippen LogP contribution in [0.5, 0.6) is 0 Å². The Hall–Kier alpha value is -2.19. The maximum Gasteiger partial charge on any atom is 0.226 e. The number of carbonyl (C=O) groups is 1. The molecule has 1 amide bonds. The summed E-state index contributed by atoms with van der Waals surface area (Å²) in [6, 6.07) is 11.6. The van der Waals surface area contributed by atoms with Crippen LogP contribution in [0.4, 0.5) is 5.82 Å². The Morgan fingerprint density at radius 3 is 2.72 bits per heavy atom. The van der Waals surface area contributed by atoms with E-state index in [0.29, 0.717) is 18.1 Å². The first-order valence-corrected chi connectivity index (χ1v) is 10.4. The number of hydrazine groups is 1. The summed E-state index contributed by atoms with van der Waals surface area (Å²) >= 11 is 5.98. The molecule has 2 aliphatic rings. The molecule has 7 nitrogen and oxygen atoms in total. The molecule has 3 N–H and O–H groups in total. The number of hydrogen-bond acceptors (Lipinski definition) is 6. The zero-order valence-corrected chi connectivity index (χ0v) is 17.3. The number of benzene rings is 1. The van der Waals surface area contributed by atoms with Crippen molar-refractivity contribution in [1.82, 2.24) is 26.1 Å². The van der Waals surface area contributed by atoms with Crippen LogP contribution in [-0.4, -0.2) is 55.6 Å². The zero-order chi connectivity index (χ0) is 20.2. The summed E-state index contributed by atoms with van der Waals surface area (Å²) in [5, 5.41) is 3.78. The smallest absolute Gasteiger partial charge is 0.226 e. The number of piperazine rings is 1. The molecule has 0 aliphatic carbocycles. The topological polar surface area (TPSA) is 72.5 Å². The molecule has 2 aromatic rings. The first-order chi connectivity index (χ1) is 14.1. The van der Waals surface area contributed by atoms with Crippen molar-refractivity contribution < 1.29 is 4.79 Å². The number of aromatic nitrogens is 1. The molecule has 0 radical (unpaired) electrons. The van der Waals surface area contributed by atoms with Gasteiger partial charge in [0.1, 0.15) is 5.82 Å². The number of likely N-dealkylation sites (N-methyl/N-ethyl adjacent to an activating group) is 1. The Bertz CT molecular complexity index is 837. The van der Waals surface area contributed by atoms with E-state index in [1.165, 1.54) is 0 Å². The van der Waals surface area contributed by atoms with Gasteiger partial charge in [0, 0.05) is 50.5 Å². The highest BCUT2D eigenvalue weighted by Crippen LogP contribution is 2.26. The predicted octanol–water partition coefficient (Wildman–Crippen LogP) is 1.57. The Labute approximate surface area is 176 Å². The van der Waals surface area contributed by atoms with Crippen molar-refractivity contribution in [2.75, 3.05) is 44.7 Å². The second-order valence-corrected chi connectivity index (χ2v) is 8.13. The third kappa shape index (κ3) is 4.87. The number of hydrogen-bond donors (Lipinski definition) is 3. The molecule has 0 spiro atoms. The van der Waals surface area contributed by atoms with E-state index in [2.05, 4.69) is 44.1 Å². The predicted molar refractivity (Wildman–Crippen MR) is 115 cm³/mol. The highest BCUT2D eigenvalue weighted by molar-refractivity contribution is 6.30. The summed E-state index contributed by atoms with van der Waals surface area (Å²) in [4.78, 5) is 22.0. The molecule has 3 heterocycles. The number of nitrogens with zero attached hydrogens (tertiary/aromatic N) is 3. The van der Waals surface area contributed by atoms with Crippen molar-refractivity contribution in [3.63, 3.8) is 0 Å². The lowest BCUT2D eigenvalue weighted by Gasteiger charge is -2.33. The van der Waals surface area contributed by atoms with Crippen molar-refractivity contribution in [2.45, 2.75) is 12.6 Å². The van der Waals surface area contributed by atoms with Crippen LogP contribution in [0.2, 0.25) is 5.02 Å². The van der Waals surface area contributed by atoms with Gasteiger partial charge in [-0.15, -0.1) is 0 Å². The molecule has 0 saturated carbocycles. The van der Waals surface area contributed by atoms with Gasteiger partial charge in [-0.25, -0.2) is 10.4 Å². The van der Waals surface area contributed by atoms with Gasteiger partial charge < -0.3 is 15.1 Å². The molecular formula is C21H27ClN6O. The lowest BCUT2D eigenvalue weighted by molar-refractivity contribution is -0.125. The van der Waals surface area contributed by atoms with E-state index in [0.717, 1.165) is 43.1 Å². The Morgan fingerprint density at radius 2 is 1.97 bits per heavy atom. The highest BCUT2D eigenvalue weighted by atomic mass is 35.5. The van der Waals surface area contributed by atoms with Crippen LogP contribution < -0.4 is 21.1 Å². The number of carbonyl (C=O) groups excluding carboxylic acids is 1. The number of anilines is 1. The summed E-state index contributed by atoms with van der Waals surface area (Å²) in [5.74, 6) is 0.823. The van der Waals surface area contributed by atoms with E-state index in [1.807, 2.05) is 36.5 Å². The van der Waals surface area contributed by atoms with E-state index >= 15 is 0 Å². The molecule has 2 aliphatic heterocycles. The number of nitrogens with one attached hydrogen (secondary N) is 3. The normalized spacial score (nSPS) is 22.6. The minimum atomic E-state index is -0.185. The van der Waals surface area contributed by atoms with Crippen LogP contribution in [-0.2, 0) is 11.3 Å². The molecule has 1 aromatic carbocycles. The second kappa shape index (κ2) is 9.09. The molecule has 2 unspecified atom stereocenters. The zero-order valence-electron chi connectivity index (χ0n) is 16.6. The average molecular weight is 415 g/mol. The third-order valence-corrected chi connectivity index (χ3v) is 5.90. The van der Waals surface area contributed by atoms with E-state index < -0.39 is 0 Å². The van der Waals surface area contributed by atoms with Gasteiger partial charge in [-0.05, 0) is 42.4 Å². The first-order valence-electron chi connectivity index (χ1n) is 10.00. The van der Waals surface area contributed by atoms with Gasteiger partial charge in [-0.1, -0.05) is 23.7 Å². The summed E-state index contributed by atoms with van der Waals surface area (Å²) in [7, 11) is 2.14. The summed E-state index contributed by atoms with van der Waals surface area (Å²) < 4.78 is 0. The molecule has 1 aromatic heterocycles. The van der Waals surface area contributed by atoms with Gasteiger partial charge in [0.2, 0.25) is 5.91 Å². The average Bonchev–Trinajstić information content (AvgIpc) is 3.23. The number of halogens is 1. The number of pyridine rings is 1. The fourth-order valence-electron chi connectivity index (χ4n) is 3.83. The fourth-order valence-corrected chi connectivity index (χ4v) is 3.95. The molecule has 2 fully saturated rings. The summed E-state index contributed by atoms with van der Waals surface area (Å²) in [5.41, 5.74) is 8.41. The van der Waals surface area contributed by atoms with E-state index in [-0.39, 0.29) is 17.9 Å². The van der Waals surface area contributed by atoms with Crippen molar-refractivity contribution in [2.24, 2.45) is 5.92 Å². The minimum Gasteiger partial charge on any atom is -0.354 e. The van der Waals surface area contributed by atoms with Gasteiger partial charge in [0.15, 0.2) is 0 Å². The largest absolute Gasteiger partial charge is 0.354 e. The number of amides is 1. The van der Waals surface area contributed by atoms with Crippen molar-refractivity contribution in [3.8, 4) is 0 Å². The molecule has 154 valence electrons. The van der Waals surface area contributed by atoms with E-state index in [1.54, 1.807) is 0 Å². The Morgan fingerprint density at radius 1 is 1.21 bits per heavy atom. The first kappa shape index (κ1) is 20.1. The highest BCUT2D eigenvalue weighted by Gasteiger charge is 2.33. The van der Waals surface area contributed by atoms with Gasteiger partial charge in [-0.3, -0.25) is 10.2 Å². The Balaban J connectivity index is 1.36. The van der Waals surface area contributed by atoms with Crippen LogP contribution in [0.3, 0.4) is 0 Å². The van der Waals surface area contributed by atoms with Crippen molar-refractivity contribution in [1.29, 1.82) is 0 Å². The van der Waals surface area contributed by atoms with Gasteiger partial charge in [0.25, 0.3) is 0 Å². The van der Waals surface area contributed by atoms with Gasteiger partial charge in [-0.2, -0.15) is 0 Å². The third-order valence-electron chi connectivity index (χ3n) is 5.65. The molecule has 2 atom stereocenters. The molecular weight excluding hydrogens is 388 g/mol. The lowest BCUT2D eigenvalue weighted by atomic mass is 9.94. The lowest BCUT2D eigenvalue weighted by Crippen LogP contribution is -2.44. The maximum absolute atomic E-state index is 12.8. The monoisotopic (exact) mass is 414 g/mol. The van der Waals surface area contributed by atoms with E-state index in [9.17, 15) is 4.79 Å². The number of rotatable bonds is 5. The van der Waals surface area contributed by atoms with Gasteiger partial charge >= 0.3 is 0 Å². The van der Waals surface area contributed by atoms with Crippen LogP contribution in [0.25, 0.3) is 0 Å². The van der Waals surface area contributed by atoms with Crippen LogP contribution in [0.15, 0.2) is 42.6 Å². The molecule has 29 heavy (non-hydrogen) atoms.